The highest BCUT2D eigenvalue weighted by Gasteiger charge is 2.40. The second-order valence-corrected chi connectivity index (χ2v) is 15.8. The van der Waals surface area contributed by atoms with E-state index in [-0.39, 0.29) is 17.0 Å². The van der Waals surface area contributed by atoms with Crippen LogP contribution in [0.5, 0.6) is 0 Å². The van der Waals surface area contributed by atoms with Crippen LogP contribution in [-0.4, -0.2) is 58.5 Å². The molecule has 0 aliphatic carbocycles. The maximum Gasteiger partial charge on any atom is 0.274 e. The highest BCUT2D eigenvalue weighted by molar-refractivity contribution is 6.74. The fourth-order valence-corrected chi connectivity index (χ4v) is 5.63. The van der Waals surface area contributed by atoms with E-state index in [1.165, 1.54) is 5.56 Å². The molecule has 7 heteroatoms. The lowest BCUT2D eigenvalue weighted by molar-refractivity contribution is 0.0364. The van der Waals surface area contributed by atoms with Crippen molar-refractivity contribution in [1.29, 1.82) is 0 Å². The van der Waals surface area contributed by atoms with Gasteiger partial charge in [-0.2, -0.15) is 0 Å². The number of amides is 1. The van der Waals surface area contributed by atoms with Gasteiger partial charge in [0, 0.05) is 37.9 Å². The monoisotopic (exact) mass is 497 g/mol. The van der Waals surface area contributed by atoms with Crippen LogP contribution in [0.2, 0.25) is 18.1 Å². The van der Waals surface area contributed by atoms with E-state index in [1.54, 1.807) is 0 Å². The standard InChI is InChI=1S/C28H43N3O3Si/c1-8-33-29-27(32)23-14-16-24(17-15-23)30(5)26(22-12-10-9-11-13-22)21-31-19-18-25(20-31)34-35(6,7)28(2,3)4/h9-17,25-26H,8,18-21H2,1-7H3,(H,29,32)/t25-,26+/m0/s1. The van der Waals surface area contributed by atoms with E-state index in [4.69, 9.17) is 9.26 Å². The van der Waals surface area contributed by atoms with E-state index in [1.807, 2.05) is 31.2 Å². The Morgan fingerprint density at radius 2 is 1.80 bits per heavy atom. The first kappa shape index (κ1) is 27.4. The SMILES string of the molecule is CCONC(=O)c1ccc(N(C)[C@H](CN2CC[C@H](O[Si](C)(C)C(C)(C)C)C2)c2ccccc2)cc1. The van der Waals surface area contributed by atoms with Gasteiger partial charge in [-0.15, -0.1) is 0 Å². The first-order chi connectivity index (χ1) is 16.5. The van der Waals surface area contributed by atoms with Crippen molar-refractivity contribution in [2.24, 2.45) is 0 Å². The zero-order valence-corrected chi connectivity index (χ0v) is 23.5. The maximum absolute atomic E-state index is 12.2. The second kappa shape index (κ2) is 11.7. The summed E-state index contributed by atoms with van der Waals surface area (Å²) in [7, 11) is 0.352. The number of nitrogens with one attached hydrogen (secondary N) is 1. The van der Waals surface area contributed by atoms with Crippen molar-refractivity contribution in [2.45, 2.75) is 64.4 Å². The van der Waals surface area contributed by atoms with Gasteiger partial charge in [0.05, 0.1) is 18.8 Å². The van der Waals surface area contributed by atoms with E-state index in [9.17, 15) is 4.79 Å². The Kier molecular flexibility index (Phi) is 9.15. The van der Waals surface area contributed by atoms with E-state index >= 15 is 0 Å². The quantitative estimate of drug-likeness (QED) is 0.340. The second-order valence-electron chi connectivity index (χ2n) is 11.0. The number of hydrogen-bond donors (Lipinski definition) is 1. The molecule has 1 heterocycles. The van der Waals surface area contributed by atoms with Gasteiger partial charge in [-0.1, -0.05) is 51.1 Å². The number of hydrogen-bond acceptors (Lipinski definition) is 5. The van der Waals surface area contributed by atoms with Crippen molar-refractivity contribution in [3.63, 3.8) is 0 Å². The van der Waals surface area contributed by atoms with Gasteiger partial charge in [-0.3, -0.25) is 14.5 Å². The molecule has 2 aromatic rings. The van der Waals surface area contributed by atoms with Crippen LogP contribution in [0, 0.1) is 0 Å². The Balaban J connectivity index is 1.72. The molecule has 6 nitrogen and oxygen atoms in total. The van der Waals surface area contributed by atoms with Gasteiger partial charge in [-0.05, 0) is 61.3 Å². The summed E-state index contributed by atoms with van der Waals surface area (Å²) in [4.78, 5) is 22.1. The summed E-state index contributed by atoms with van der Waals surface area (Å²) < 4.78 is 6.72. The summed E-state index contributed by atoms with van der Waals surface area (Å²) in [5.41, 5.74) is 5.38. The molecule has 0 spiro atoms. The highest BCUT2D eigenvalue weighted by atomic mass is 28.4. The van der Waals surface area contributed by atoms with Crippen LogP contribution >= 0.6 is 0 Å². The first-order valence-electron chi connectivity index (χ1n) is 12.7. The molecule has 0 bridgehead atoms. The average Bonchev–Trinajstić information content (AvgIpc) is 3.26. The summed E-state index contributed by atoms with van der Waals surface area (Å²) >= 11 is 0. The maximum atomic E-state index is 12.2. The molecule has 0 unspecified atom stereocenters. The average molecular weight is 498 g/mol. The van der Waals surface area contributed by atoms with Crippen LogP contribution < -0.4 is 10.4 Å². The number of hydroxylamine groups is 1. The summed E-state index contributed by atoms with van der Waals surface area (Å²) in [6, 6.07) is 18.6. The normalized spacial score (nSPS) is 17.9. The number of likely N-dealkylation sites (N-methyl/N-ethyl adjacent to an activating group) is 1. The summed E-state index contributed by atoms with van der Waals surface area (Å²) in [5, 5.41) is 0.221. The first-order valence-corrected chi connectivity index (χ1v) is 15.6. The summed E-state index contributed by atoms with van der Waals surface area (Å²) in [6.45, 7) is 16.8. The minimum absolute atomic E-state index is 0.186. The van der Waals surface area contributed by atoms with Crippen LogP contribution in [0.15, 0.2) is 54.6 Å². The number of nitrogens with zero attached hydrogens (tertiary/aromatic N) is 2. The molecule has 3 rings (SSSR count). The molecule has 1 aliphatic heterocycles. The molecule has 0 radical (unpaired) electrons. The van der Waals surface area contributed by atoms with Gasteiger partial charge in [-0.25, -0.2) is 5.48 Å². The predicted octanol–water partition coefficient (Wildman–Crippen LogP) is 5.64. The molecule has 1 amide bonds. The number of rotatable bonds is 10. The fraction of sp³-hybridized carbons (Fsp3) is 0.536. The smallest absolute Gasteiger partial charge is 0.274 e. The fourth-order valence-electron chi connectivity index (χ4n) is 4.25. The lowest BCUT2D eigenvalue weighted by Crippen LogP contribution is -2.45. The minimum atomic E-state index is -1.78. The molecule has 2 atom stereocenters. The molecule has 0 saturated carbocycles. The topological polar surface area (TPSA) is 54.0 Å². The van der Waals surface area contributed by atoms with E-state index in [2.05, 4.69) is 86.5 Å². The highest BCUT2D eigenvalue weighted by Crippen LogP contribution is 2.38. The zero-order chi connectivity index (χ0) is 25.6. The minimum Gasteiger partial charge on any atom is -0.413 e. The third-order valence-electron chi connectivity index (χ3n) is 7.43. The van der Waals surface area contributed by atoms with Gasteiger partial charge in [0.2, 0.25) is 0 Å². The number of anilines is 1. The van der Waals surface area contributed by atoms with E-state index in [0.717, 1.165) is 31.7 Å². The molecule has 0 aromatic heterocycles. The number of likely N-dealkylation sites (tertiary alicyclic amines) is 1. The molecule has 1 aliphatic rings. The van der Waals surface area contributed by atoms with Crippen molar-refractivity contribution in [3.05, 3.63) is 65.7 Å². The third-order valence-corrected chi connectivity index (χ3v) is 12.0. The Bertz CT molecular complexity index is 944. The molecule has 2 aromatic carbocycles. The van der Waals surface area contributed by atoms with Crippen LogP contribution in [0.25, 0.3) is 0 Å². The van der Waals surface area contributed by atoms with Crippen LogP contribution in [-0.2, 0) is 9.26 Å². The third kappa shape index (κ3) is 7.16. The van der Waals surface area contributed by atoms with Crippen molar-refractivity contribution < 1.29 is 14.1 Å². The number of benzene rings is 2. The number of carbonyl (C=O) groups is 1. The van der Waals surface area contributed by atoms with Crippen molar-refractivity contribution in [2.75, 3.05) is 38.2 Å². The Hall–Kier alpha value is -2.19. The molecule has 192 valence electrons. The Morgan fingerprint density at radius 3 is 2.40 bits per heavy atom. The van der Waals surface area contributed by atoms with Gasteiger partial charge >= 0.3 is 0 Å². The van der Waals surface area contributed by atoms with Gasteiger partial charge < -0.3 is 9.33 Å². The molecular formula is C28H43N3O3Si. The lowest BCUT2D eigenvalue weighted by Gasteiger charge is -2.38. The summed E-state index contributed by atoms with van der Waals surface area (Å²) in [6.07, 6.45) is 1.39. The summed E-state index contributed by atoms with van der Waals surface area (Å²) in [5.74, 6) is -0.231. The van der Waals surface area contributed by atoms with Crippen molar-refractivity contribution in [3.8, 4) is 0 Å². The Labute approximate surface area is 212 Å². The Morgan fingerprint density at radius 1 is 1.14 bits per heavy atom. The van der Waals surface area contributed by atoms with Gasteiger partial charge in [0.15, 0.2) is 8.32 Å². The van der Waals surface area contributed by atoms with E-state index < -0.39 is 8.32 Å². The zero-order valence-electron chi connectivity index (χ0n) is 22.5. The number of carbonyl (C=O) groups excluding carboxylic acids is 1. The van der Waals surface area contributed by atoms with Crippen molar-refractivity contribution >= 4 is 19.9 Å². The van der Waals surface area contributed by atoms with Crippen LogP contribution in [0.4, 0.5) is 5.69 Å². The lowest BCUT2D eigenvalue weighted by atomic mass is 10.0. The largest absolute Gasteiger partial charge is 0.413 e. The van der Waals surface area contributed by atoms with Crippen LogP contribution in [0.3, 0.4) is 0 Å². The molecular weight excluding hydrogens is 454 g/mol. The van der Waals surface area contributed by atoms with E-state index in [0.29, 0.717) is 18.3 Å². The van der Waals surface area contributed by atoms with Crippen molar-refractivity contribution in [1.82, 2.24) is 10.4 Å². The van der Waals surface area contributed by atoms with Gasteiger partial charge in [0.1, 0.15) is 0 Å². The van der Waals surface area contributed by atoms with Gasteiger partial charge in [0.25, 0.3) is 5.91 Å². The van der Waals surface area contributed by atoms with Crippen LogP contribution in [0.1, 0.15) is 56.1 Å². The molecule has 1 fully saturated rings. The predicted molar refractivity (Wildman–Crippen MR) is 146 cm³/mol. The molecule has 1 N–H and O–H groups in total. The molecule has 35 heavy (non-hydrogen) atoms. The molecule has 1 saturated heterocycles.